The van der Waals surface area contributed by atoms with Gasteiger partial charge in [-0.2, -0.15) is 0 Å². The highest BCUT2D eigenvalue weighted by Crippen LogP contribution is 2.35. The molecule has 0 radical (unpaired) electrons. The Bertz CT molecular complexity index is 353. The Morgan fingerprint density at radius 1 is 1.33 bits per heavy atom. The maximum absolute atomic E-state index is 12.3. The van der Waals surface area contributed by atoms with Gasteiger partial charge in [0.1, 0.15) is 5.54 Å². The Morgan fingerprint density at radius 2 is 2.00 bits per heavy atom. The smallest absolute Gasteiger partial charge is 0.326 e. The molecule has 122 valence electrons. The number of ether oxygens (including phenoxy) is 1. The van der Waals surface area contributed by atoms with Gasteiger partial charge < -0.3 is 9.64 Å². The van der Waals surface area contributed by atoms with Crippen LogP contribution in [-0.4, -0.2) is 73.2 Å². The third-order valence-corrected chi connectivity index (χ3v) is 5.00. The Hall–Kier alpha value is -0.650. The van der Waals surface area contributed by atoms with Crippen LogP contribution in [0.15, 0.2) is 0 Å². The van der Waals surface area contributed by atoms with E-state index < -0.39 is 5.54 Å². The number of piperazine rings is 1. The van der Waals surface area contributed by atoms with Crippen LogP contribution in [0.25, 0.3) is 0 Å². The standard InChI is InChI=1S/C16H31N3O2/c1-5-18-8-10-19(11-9-18)14-6-7-16(12-14,15(20)21-4)17-13(2)3/h13-14,17H,5-12H2,1-4H3. The molecule has 0 aromatic rings. The lowest BCUT2D eigenvalue weighted by molar-refractivity contribution is -0.149. The maximum Gasteiger partial charge on any atom is 0.326 e. The monoisotopic (exact) mass is 297 g/mol. The summed E-state index contributed by atoms with van der Waals surface area (Å²) in [5.74, 6) is -0.0918. The summed E-state index contributed by atoms with van der Waals surface area (Å²) in [5.41, 5.74) is -0.477. The Kier molecular flexibility index (Phi) is 5.63. The van der Waals surface area contributed by atoms with Crippen molar-refractivity contribution in [3.05, 3.63) is 0 Å². The lowest BCUT2D eigenvalue weighted by atomic mass is 9.96. The molecule has 1 N–H and O–H groups in total. The van der Waals surface area contributed by atoms with Crippen molar-refractivity contribution in [1.82, 2.24) is 15.1 Å². The Labute approximate surface area is 129 Å². The molecule has 0 aromatic heterocycles. The normalized spacial score (nSPS) is 31.8. The number of hydrogen-bond donors (Lipinski definition) is 1. The second kappa shape index (κ2) is 7.07. The first-order valence-electron chi connectivity index (χ1n) is 8.33. The zero-order valence-corrected chi connectivity index (χ0v) is 14.0. The fourth-order valence-corrected chi connectivity index (χ4v) is 3.90. The summed E-state index contributed by atoms with van der Waals surface area (Å²) in [6.45, 7) is 12.1. The van der Waals surface area contributed by atoms with Gasteiger partial charge in [-0.25, -0.2) is 0 Å². The van der Waals surface area contributed by atoms with Crippen molar-refractivity contribution in [2.24, 2.45) is 0 Å². The molecule has 1 saturated carbocycles. The lowest BCUT2D eigenvalue weighted by Gasteiger charge is -2.38. The fourth-order valence-electron chi connectivity index (χ4n) is 3.90. The molecule has 5 nitrogen and oxygen atoms in total. The maximum atomic E-state index is 12.3. The first-order valence-corrected chi connectivity index (χ1v) is 8.33. The van der Waals surface area contributed by atoms with Crippen LogP contribution in [0.4, 0.5) is 0 Å². The van der Waals surface area contributed by atoms with E-state index in [2.05, 4.69) is 35.9 Å². The van der Waals surface area contributed by atoms with E-state index in [1.165, 1.54) is 7.11 Å². The molecule has 2 aliphatic rings. The molecule has 0 spiro atoms. The summed E-state index contributed by atoms with van der Waals surface area (Å²) in [6.07, 6.45) is 2.85. The highest BCUT2D eigenvalue weighted by molar-refractivity contribution is 5.81. The summed E-state index contributed by atoms with van der Waals surface area (Å²) in [4.78, 5) is 17.3. The molecule has 2 fully saturated rings. The van der Waals surface area contributed by atoms with Crippen molar-refractivity contribution in [3.8, 4) is 0 Å². The molecule has 0 amide bonds. The van der Waals surface area contributed by atoms with E-state index in [9.17, 15) is 4.79 Å². The van der Waals surface area contributed by atoms with Crippen molar-refractivity contribution in [2.75, 3.05) is 39.8 Å². The largest absolute Gasteiger partial charge is 0.468 e. The molecule has 2 unspecified atom stereocenters. The number of hydrogen-bond acceptors (Lipinski definition) is 5. The number of esters is 1. The molecular formula is C16H31N3O2. The molecule has 1 aliphatic heterocycles. The fraction of sp³-hybridized carbons (Fsp3) is 0.938. The van der Waals surface area contributed by atoms with Crippen molar-refractivity contribution in [1.29, 1.82) is 0 Å². The van der Waals surface area contributed by atoms with Crippen LogP contribution in [0.3, 0.4) is 0 Å². The predicted molar refractivity (Wildman–Crippen MR) is 84.3 cm³/mol. The summed E-state index contributed by atoms with van der Waals surface area (Å²) < 4.78 is 5.08. The number of carbonyl (C=O) groups is 1. The number of nitrogens with zero attached hydrogens (tertiary/aromatic N) is 2. The van der Waals surface area contributed by atoms with Crippen LogP contribution in [0.5, 0.6) is 0 Å². The molecule has 2 rings (SSSR count). The zero-order valence-electron chi connectivity index (χ0n) is 14.0. The van der Waals surface area contributed by atoms with Crippen LogP contribution >= 0.6 is 0 Å². The molecule has 21 heavy (non-hydrogen) atoms. The third-order valence-electron chi connectivity index (χ3n) is 5.00. The van der Waals surface area contributed by atoms with E-state index in [0.717, 1.165) is 52.0 Å². The lowest BCUT2D eigenvalue weighted by Crippen LogP contribution is -2.55. The van der Waals surface area contributed by atoms with Crippen molar-refractivity contribution in [3.63, 3.8) is 0 Å². The van der Waals surface area contributed by atoms with Crippen molar-refractivity contribution < 1.29 is 9.53 Å². The Balaban J connectivity index is 1.98. The van der Waals surface area contributed by atoms with Gasteiger partial charge >= 0.3 is 5.97 Å². The zero-order chi connectivity index (χ0) is 15.5. The minimum Gasteiger partial charge on any atom is -0.468 e. The predicted octanol–water partition coefficient (Wildman–Crippen LogP) is 1.09. The van der Waals surface area contributed by atoms with Crippen molar-refractivity contribution in [2.45, 2.75) is 57.7 Å². The summed E-state index contributed by atoms with van der Waals surface area (Å²) in [5, 5.41) is 3.48. The van der Waals surface area contributed by atoms with Gasteiger partial charge in [0.25, 0.3) is 0 Å². The molecular weight excluding hydrogens is 266 g/mol. The van der Waals surface area contributed by atoms with Crippen LogP contribution in [-0.2, 0) is 9.53 Å². The molecule has 5 heteroatoms. The van der Waals surface area contributed by atoms with Gasteiger partial charge in [-0.05, 0) is 39.7 Å². The van der Waals surface area contributed by atoms with Crippen LogP contribution in [0.2, 0.25) is 0 Å². The molecule has 1 heterocycles. The highest BCUT2D eigenvalue weighted by Gasteiger charge is 2.48. The van der Waals surface area contributed by atoms with Gasteiger partial charge in [-0.3, -0.25) is 15.0 Å². The van der Waals surface area contributed by atoms with Gasteiger partial charge in [0.05, 0.1) is 7.11 Å². The van der Waals surface area contributed by atoms with Gasteiger partial charge in [0.2, 0.25) is 0 Å². The van der Waals surface area contributed by atoms with E-state index in [1.54, 1.807) is 0 Å². The molecule has 0 bridgehead atoms. The first kappa shape index (κ1) is 16.7. The van der Waals surface area contributed by atoms with E-state index in [1.807, 2.05) is 0 Å². The number of methoxy groups -OCH3 is 1. The summed E-state index contributed by atoms with van der Waals surface area (Å²) in [6, 6.07) is 0.800. The first-order chi connectivity index (χ1) is 10.0. The van der Waals surface area contributed by atoms with Crippen LogP contribution in [0.1, 0.15) is 40.0 Å². The van der Waals surface area contributed by atoms with E-state index in [4.69, 9.17) is 4.74 Å². The van der Waals surface area contributed by atoms with E-state index in [0.29, 0.717) is 12.1 Å². The SMILES string of the molecule is CCN1CCN(C2CCC(NC(C)C)(C(=O)OC)C2)CC1. The van der Waals surface area contributed by atoms with Gasteiger partial charge in [0, 0.05) is 38.3 Å². The molecule has 1 saturated heterocycles. The summed E-state index contributed by atoms with van der Waals surface area (Å²) >= 11 is 0. The second-order valence-corrected chi connectivity index (χ2v) is 6.74. The van der Waals surface area contributed by atoms with Gasteiger partial charge in [-0.15, -0.1) is 0 Å². The van der Waals surface area contributed by atoms with Gasteiger partial charge in [0.15, 0.2) is 0 Å². The minimum absolute atomic E-state index is 0.0918. The quantitative estimate of drug-likeness (QED) is 0.770. The average Bonchev–Trinajstić information content (AvgIpc) is 2.91. The minimum atomic E-state index is -0.477. The molecule has 2 atom stereocenters. The number of likely N-dealkylation sites (N-methyl/N-ethyl adjacent to an activating group) is 1. The van der Waals surface area contributed by atoms with Crippen molar-refractivity contribution >= 4 is 5.97 Å². The number of rotatable bonds is 5. The van der Waals surface area contributed by atoms with Gasteiger partial charge in [-0.1, -0.05) is 6.92 Å². The van der Waals surface area contributed by atoms with E-state index >= 15 is 0 Å². The van der Waals surface area contributed by atoms with Crippen LogP contribution < -0.4 is 5.32 Å². The number of nitrogens with one attached hydrogen (secondary N) is 1. The average molecular weight is 297 g/mol. The molecule has 0 aromatic carbocycles. The second-order valence-electron chi connectivity index (χ2n) is 6.74. The van der Waals surface area contributed by atoms with Crippen LogP contribution in [0, 0.1) is 0 Å². The highest BCUT2D eigenvalue weighted by atomic mass is 16.5. The third kappa shape index (κ3) is 3.76. The number of carbonyl (C=O) groups excluding carboxylic acids is 1. The summed E-state index contributed by atoms with van der Waals surface area (Å²) in [7, 11) is 1.50. The van der Waals surface area contributed by atoms with E-state index in [-0.39, 0.29) is 5.97 Å². The molecule has 1 aliphatic carbocycles. The topological polar surface area (TPSA) is 44.8 Å². The Morgan fingerprint density at radius 3 is 2.52 bits per heavy atom.